The van der Waals surface area contributed by atoms with Crippen molar-refractivity contribution in [1.29, 1.82) is 0 Å². The smallest absolute Gasteiger partial charge is 0.306 e. The molecule has 37 heavy (non-hydrogen) atoms. The SMILES string of the molecule is Cc1nc(-c2nnn(C)c2COc2cc(-c3ccccn3)ncn2)ccc1O[C@H]1CCC[C@H](C(=O)O)C1. The van der Waals surface area contributed by atoms with Crippen molar-refractivity contribution in [2.75, 3.05) is 0 Å². The van der Waals surface area contributed by atoms with Gasteiger partial charge in [-0.3, -0.25) is 9.78 Å². The molecule has 11 nitrogen and oxygen atoms in total. The van der Waals surface area contributed by atoms with E-state index < -0.39 is 5.97 Å². The maximum atomic E-state index is 11.4. The van der Waals surface area contributed by atoms with Crippen LogP contribution in [0.15, 0.2) is 48.9 Å². The Labute approximate surface area is 213 Å². The third-order valence-electron chi connectivity index (χ3n) is 6.42. The largest absolute Gasteiger partial charge is 0.489 e. The molecule has 0 saturated heterocycles. The lowest BCUT2D eigenvalue weighted by Crippen LogP contribution is -2.29. The first-order valence-corrected chi connectivity index (χ1v) is 12.1. The molecule has 2 atom stereocenters. The summed E-state index contributed by atoms with van der Waals surface area (Å²) in [6.07, 6.45) is 5.89. The highest BCUT2D eigenvalue weighted by Crippen LogP contribution is 2.30. The van der Waals surface area contributed by atoms with Crippen LogP contribution in [0.25, 0.3) is 22.8 Å². The van der Waals surface area contributed by atoms with Crippen molar-refractivity contribution in [3.05, 3.63) is 60.3 Å². The van der Waals surface area contributed by atoms with Crippen molar-refractivity contribution in [3.63, 3.8) is 0 Å². The molecule has 4 aromatic rings. The van der Waals surface area contributed by atoms with Crippen LogP contribution in [-0.4, -0.2) is 52.1 Å². The third-order valence-corrected chi connectivity index (χ3v) is 6.42. The number of aromatic nitrogens is 7. The van der Waals surface area contributed by atoms with E-state index in [0.29, 0.717) is 47.2 Å². The minimum absolute atomic E-state index is 0.134. The molecule has 1 N–H and O–H groups in total. The van der Waals surface area contributed by atoms with E-state index in [1.165, 1.54) is 6.33 Å². The molecule has 11 heteroatoms. The van der Waals surface area contributed by atoms with Crippen molar-refractivity contribution in [2.24, 2.45) is 13.0 Å². The Kier molecular flexibility index (Phi) is 7.02. The van der Waals surface area contributed by atoms with E-state index in [1.807, 2.05) is 37.3 Å². The van der Waals surface area contributed by atoms with Crippen molar-refractivity contribution in [2.45, 2.75) is 45.3 Å². The molecule has 0 aliphatic heterocycles. The van der Waals surface area contributed by atoms with Crippen LogP contribution in [0.5, 0.6) is 11.6 Å². The number of carboxylic acids is 1. The van der Waals surface area contributed by atoms with Crippen LogP contribution in [0.3, 0.4) is 0 Å². The fourth-order valence-electron chi connectivity index (χ4n) is 4.41. The number of carbonyl (C=O) groups is 1. The topological polar surface area (TPSA) is 138 Å². The molecule has 1 aliphatic carbocycles. The summed E-state index contributed by atoms with van der Waals surface area (Å²) in [5.41, 5.74) is 4.06. The number of carboxylic acid groups (broad SMARTS) is 1. The number of pyridine rings is 2. The molecular weight excluding hydrogens is 474 g/mol. The lowest BCUT2D eigenvalue weighted by atomic mass is 9.87. The Balaban J connectivity index is 1.30. The maximum absolute atomic E-state index is 11.4. The lowest BCUT2D eigenvalue weighted by Gasteiger charge is -2.27. The zero-order valence-electron chi connectivity index (χ0n) is 20.6. The molecule has 0 unspecified atom stereocenters. The van der Waals surface area contributed by atoms with Crippen LogP contribution < -0.4 is 9.47 Å². The van der Waals surface area contributed by atoms with Crippen molar-refractivity contribution >= 4 is 5.97 Å². The second-order valence-electron chi connectivity index (χ2n) is 8.98. The van der Waals surface area contributed by atoms with Crippen LogP contribution in [0.1, 0.15) is 37.1 Å². The second kappa shape index (κ2) is 10.7. The van der Waals surface area contributed by atoms with Crippen LogP contribution in [0.2, 0.25) is 0 Å². The molecule has 0 aromatic carbocycles. The molecule has 4 heterocycles. The zero-order chi connectivity index (χ0) is 25.8. The Morgan fingerprint density at radius 3 is 2.78 bits per heavy atom. The summed E-state index contributed by atoms with van der Waals surface area (Å²) in [7, 11) is 1.79. The normalized spacial score (nSPS) is 17.4. The van der Waals surface area contributed by atoms with E-state index >= 15 is 0 Å². The number of aryl methyl sites for hydroxylation is 2. The molecular formula is C26H27N7O4. The number of nitrogens with zero attached hydrogens (tertiary/aromatic N) is 7. The highest BCUT2D eigenvalue weighted by molar-refractivity contribution is 5.70. The van der Waals surface area contributed by atoms with E-state index in [4.69, 9.17) is 14.5 Å². The molecule has 0 amide bonds. The molecule has 0 radical (unpaired) electrons. The summed E-state index contributed by atoms with van der Waals surface area (Å²) in [5.74, 6) is -0.0680. The Hall–Kier alpha value is -4.41. The van der Waals surface area contributed by atoms with Gasteiger partial charge in [0.15, 0.2) is 0 Å². The van der Waals surface area contributed by atoms with Crippen LogP contribution in [-0.2, 0) is 18.4 Å². The molecule has 5 rings (SSSR count). The summed E-state index contributed by atoms with van der Waals surface area (Å²) in [5, 5.41) is 17.8. The first-order valence-electron chi connectivity index (χ1n) is 12.1. The summed E-state index contributed by atoms with van der Waals surface area (Å²) >= 11 is 0. The van der Waals surface area contributed by atoms with Gasteiger partial charge in [0.1, 0.15) is 30.1 Å². The standard InChI is InChI=1S/C26H27N7O4/c1-16-23(37-18-7-5-6-17(12-18)26(34)35)10-9-20(30-16)25-22(33(2)32-31-25)14-36-24-13-21(28-15-29-24)19-8-3-4-11-27-19/h3-4,8-11,13,15,17-18H,5-7,12,14H2,1-2H3,(H,34,35)/t17-,18-/m0/s1. The average Bonchev–Trinajstić information content (AvgIpc) is 3.29. The lowest BCUT2D eigenvalue weighted by molar-refractivity contribution is -0.143. The molecule has 4 aromatic heterocycles. The first kappa shape index (κ1) is 24.3. The Morgan fingerprint density at radius 1 is 1.11 bits per heavy atom. The van der Waals surface area contributed by atoms with Gasteiger partial charge in [-0.05, 0) is 56.9 Å². The van der Waals surface area contributed by atoms with Gasteiger partial charge in [-0.15, -0.1) is 5.10 Å². The molecule has 1 aliphatic rings. The molecule has 1 saturated carbocycles. The van der Waals surface area contributed by atoms with Crippen LogP contribution in [0, 0.1) is 12.8 Å². The number of hydrogen-bond acceptors (Lipinski definition) is 9. The third kappa shape index (κ3) is 5.55. The van der Waals surface area contributed by atoms with E-state index in [9.17, 15) is 9.90 Å². The van der Waals surface area contributed by atoms with E-state index in [2.05, 4.69) is 25.3 Å². The summed E-state index contributed by atoms with van der Waals surface area (Å²) in [4.78, 5) is 28.9. The average molecular weight is 502 g/mol. The highest BCUT2D eigenvalue weighted by Gasteiger charge is 2.28. The molecule has 1 fully saturated rings. The maximum Gasteiger partial charge on any atom is 0.306 e. The summed E-state index contributed by atoms with van der Waals surface area (Å²) in [6, 6.07) is 11.0. The number of aliphatic carboxylic acids is 1. The molecule has 190 valence electrons. The predicted molar refractivity (Wildman–Crippen MR) is 133 cm³/mol. The summed E-state index contributed by atoms with van der Waals surface area (Å²) in [6.45, 7) is 2.04. The van der Waals surface area contributed by atoms with Gasteiger partial charge < -0.3 is 14.6 Å². The fraction of sp³-hybridized carbons (Fsp3) is 0.346. The van der Waals surface area contributed by atoms with Gasteiger partial charge in [-0.1, -0.05) is 11.3 Å². The summed E-state index contributed by atoms with van der Waals surface area (Å²) < 4.78 is 13.7. The van der Waals surface area contributed by atoms with Gasteiger partial charge in [0.2, 0.25) is 5.88 Å². The monoisotopic (exact) mass is 501 g/mol. The van der Waals surface area contributed by atoms with E-state index in [-0.39, 0.29) is 18.6 Å². The minimum Gasteiger partial charge on any atom is -0.489 e. The Morgan fingerprint density at radius 2 is 2.00 bits per heavy atom. The number of rotatable bonds is 8. The molecule has 0 bridgehead atoms. The predicted octanol–water partition coefficient (Wildman–Crippen LogP) is 3.64. The quantitative estimate of drug-likeness (QED) is 0.381. The second-order valence-corrected chi connectivity index (χ2v) is 8.98. The fourth-order valence-corrected chi connectivity index (χ4v) is 4.41. The molecule has 0 spiro atoms. The number of ether oxygens (including phenoxy) is 2. The van der Waals surface area contributed by atoms with E-state index in [1.54, 1.807) is 24.0 Å². The van der Waals surface area contributed by atoms with Crippen molar-refractivity contribution in [3.8, 4) is 34.4 Å². The van der Waals surface area contributed by atoms with Gasteiger partial charge in [-0.2, -0.15) is 0 Å². The van der Waals surface area contributed by atoms with E-state index in [0.717, 1.165) is 24.2 Å². The van der Waals surface area contributed by atoms with Gasteiger partial charge in [-0.25, -0.2) is 19.6 Å². The zero-order valence-corrected chi connectivity index (χ0v) is 20.6. The first-order chi connectivity index (χ1) is 18.0. The van der Waals surface area contributed by atoms with Gasteiger partial charge in [0, 0.05) is 19.3 Å². The van der Waals surface area contributed by atoms with Gasteiger partial charge in [0.25, 0.3) is 0 Å². The number of hydrogen-bond donors (Lipinski definition) is 1. The highest BCUT2D eigenvalue weighted by atomic mass is 16.5. The van der Waals surface area contributed by atoms with Crippen LogP contribution >= 0.6 is 0 Å². The van der Waals surface area contributed by atoms with Crippen molar-refractivity contribution in [1.82, 2.24) is 34.9 Å². The Bertz CT molecular complexity index is 1390. The van der Waals surface area contributed by atoms with Crippen LogP contribution in [0.4, 0.5) is 0 Å². The minimum atomic E-state index is -0.759. The van der Waals surface area contributed by atoms with Gasteiger partial charge in [0.05, 0.1) is 34.8 Å². The van der Waals surface area contributed by atoms with Gasteiger partial charge >= 0.3 is 5.97 Å². The van der Waals surface area contributed by atoms with Crippen molar-refractivity contribution < 1.29 is 19.4 Å².